The summed E-state index contributed by atoms with van der Waals surface area (Å²) in [6.45, 7) is 5.33. The molecule has 1 aromatic carbocycles. The molecule has 0 spiro atoms. The summed E-state index contributed by atoms with van der Waals surface area (Å²) in [6, 6.07) is 5.89. The van der Waals surface area contributed by atoms with Gasteiger partial charge < -0.3 is 16.0 Å². The molecule has 0 saturated carbocycles. The van der Waals surface area contributed by atoms with Crippen LogP contribution in [0.25, 0.3) is 0 Å². The van der Waals surface area contributed by atoms with E-state index in [0.717, 1.165) is 12.1 Å². The average Bonchev–Trinajstić information content (AvgIpc) is 2.39. The predicted octanol–water partition coefficient (Wildman–Crippen LogP) is 1.40. The standard InChI is InChI=1S/C15H21N3O/c1-10-2-3-12(13(16)8-10)15(19)17-14-9-18-6-4-11(14)5-7-18/h2-3,8,11,14H,4-7,9,16H2,1H3,(H,17,19). The van der Waals surface area contributed by atoms with Crippen LogP contribution in [0.2, 0.25) is 0 Å². The van der Waals surface area contributed by atoms with Crippen LogP contribution in [0.4, 0.5) is 5.69 Å². The lowest BCUT2D eigenvalue weighted by atomic mass is 9.84. The Bertz CT molecular complexity index is 492. The van der Waals surface area contributed by atoms with Gasteiger partial charge in [-0.05, 0) is 56.5 Å². The second kappa shape index (κ2) is 4.85. The van der Waals surface area contributed by atoms with E-state index in [9.17, 15) is 4.79 Å². The van der Waals surface area contributed by atoms with E-state index in [2.05, 4.69) is 10.2 Å². The molecule has 3 aliphatic rings. The van der Waals surface area contributed by atoms with Crippen LogP contribution in [0.1, 0.15) is 28.8 Å². The average molecular weight is 259 g/mol. The molecule has 1 unspecified atom stereocenters. The Labute approximate surface area is 114 Å². The second-order valence-corrected chi connectivity index (χ2v) is 5.81. The minimum atomic E-state index is -0.0312. The SMILES string of the molecule is Cc1ccc(C(=O)NC2CN3CCC2CC3)c(N)c1. The lowest BCUT2D eigenvalue weighted by molar-refractivity contribution is 0.0621. The number of benzene rings is 1. The van der Waals surface area contributed by atoms with Crippen molar-refractivity contribution in [3.63, 3.8) is 0 Å². The molecule has 1 aromatic rings. The molecule has 4 heteroatoms. The molecule has 102 valence electrons. The molecular formula is C15H21N3O. The number of rotatable bonds is 2. The van der Waals surface area contributed by atoms with E-state index in [-0.39, 0.29) is 11.9 Å². The Balaban J connectivity index is 1.71. The number of nitrogens with one attached hydrogen (secondary N) is 1. The molecule has 3 fully saturated rings. The quantitative estimate of drug-likeness (QED) is 0.789. The summed E-state index contributed by atoms with van der Waals surface area (Å²) in [6.07, 6.45) is 2.41. The number of hydrogen-bond donors (Lipinski definition) is 2. The largest absolute Gasteiger partial charge is 0.398 e. The molecule has 2 bridgehead atoms. The number of anilines is 1. The summed E-state index contributed by atoms with van der Waals surface area (Å²) < 4.78 is 0. The number of carbonyl (C=O) groups excluding carboxylic acids is 1. The highest BCUT2D eigenvalue weighted by Gasteiger charge is 2.35. The van der Waals surface area contributed by atoms with Gasteiger partial charge in [-0.1, -0.05) is 6.07 Å². The van der Waals surface area contributed by atoms with Gasteiger partial charge in [0.2, 0.25) is 0 Å². The number of nitrogen functional groups attached to an aromatic ring is 1. The van der Waals surface area contributed by atoms with Gasteiger partial charge in [-0.3, -0.25) is 4.79 Å². The third kappa shape index (κ3) is 2.45. The maximum Gasteiger partial charge on any atom is 0.253 e. The van der Waals surface area contributed by atoms with Gasteiger partial charge in [-0.2, -0.15) is 0 Å². The minimum Gasteiger partial charge on any atom is -0.398 e. The number of hydrogen-bond acceptors (Lipinski definition) is 3. The molecule has 0 aromatic heterocycles. The van der Waals surface area contributed by atoms with Crippen LogP contribution in [-0.2, 0) is 0 Å². The highest BCUT2D eigenvalue weighted by Crippen LogP contribution is 2.27. The zero-order valence-corrected chi connectivity index (χ0v) is 11.4. The normalized spacial score (nSPS) is 29.2. The molecule has 1 atom stereocenters. The molecule has 3 N–H and O–H groups in total. The predicted molar refractivity (Wildman–Crippen MR) is 76.0 cm³/mol. The Morgan fingerprint density at radius 1 is 1.37 bits per heavy atom. The number of carbonyl (C=O) groups is 1. The Kier molecular flexibility index (Phi) is 3.19. The van der Waals surface area contributed by atoms with Crippen LogP contribution in [0.3, 0.4) is 0 Å². The van der Waals surface area contributed by atoms with Crippen LogP contribution in [0, 0.1) is 12.8 Å². The molecular weight excluding hydrogens is 238 g/mol. The van der Waals surface area contributed by atoms with Gasteiger partial charge in [-0.25, -0.2) is 0 Å². The maximum absolute atomic E-state index is 12.3. The first-order valence-electron chi connectivity index (χ1n) is 7.03. The van der Waals surface area contributed by atoms with E-state index in [0.29, 0.717) is 17.2 Å². The van der Waals surface area contributed by atoms with E-state index in [4.69, 9.17) is 5.73 Å². The van der Waals surface area contributed by atoms with Crippen molar-refractivity contribution in [3.8, 4) is 0 Å². The fourth-order valence-electron chi connectivity index (χ4n) is 3.26. The Morgan fingerprint density at radius 3 is 2.68 bits per heavy atom. The Hall–Kier alpha value is -1.55. The van der Waals surface area contributed by atoms with Gasteiger partial charge in [0, 0.05) is 18.3 Å². The molecule has 0 radical (unpaired) electrons. The van der Waals surface area contributed by atoms with Gasteiger partial charge in [0.1, 0.15) is 0 Å². The summed E-state index contributed by atoms with van der Waals surface area (Å²) in [7, 11) is 0. The fraction of sp³-hybridized carbons (Fsp3) is 0.533. The summed E-state index contributed by atoms with van der Waals surface area (Å²) in [4.78, 5) is 14.7. The first-order chi connectivity index (χ1) is 9.13. The number of amides is 1. The third-order valence-electron chi connectivity index (χ3n) is 4.42. The van der Waals surface area contributed by atoms with Crippen molar-refractivity contribution in [1.82, 2.24) is 10.2 Å². The van der Waals surface area contributed by atoms with Crippen LogP contribution in [-0.4, -0.2) is 36.5 Å². The number of nitrogens with zero attached hydrogens (tertiary/aromatic N) is 1. The zero-order chi connectivity index (χ0) is 13.4. The molecule has 3 heterocycles. The molecule has 3 aliphatic heterocycles. The summed E-state index contributed by atoms with van der Waals surface area (Å²) in [5.41, 5.74) is 8.18. The van der Waals surface area contributed by atoms with E-state index in [1.807, 2.05) is 25.1 Å². The van der Waals surface area contributed by atoms with Crippen molar-refractivity contribution in [2.45, 2.75) is 25.8 Å². The molecule has 3 saturated heterocycles. The molecule has 1 amide bonds. The molecule has 19 heavy (non-hydrogen) atoms. The smallest absolute Gasteiger partial charge is 0.253 e. The van der Waals surface area contributed by atoms with Crippen molar-refractivity contribution in [2.75, 3.05) is 25.4 Å². The van der Waals surface area contributed by atoms with Crippen molar-refractivity contribution < 1.29 is 4.79 Å². The monoisotopic (exact) mass is 259 g/mol. The van der Waals surface area contributed by atoms with Gasteiger partial charge in [0.15, 0.2) is 0 Å². The second-order valence-electron chi connectivity index (χ2n) is 5.81. The lowest BCUT2D eigenvalue weighted by Crippen LogP contribution is -2.57. The first kappa shape index (κ1) is 12.5. The zero-order valence-electron chi connectivity index (χ0n) is 11.4. The van der Waals surface area contributed by atoms with Crippen LogP contribution in [0.5, 0.6) is 0 Å². The van der Waals surface area contributed by atoms with E-state index >= 15 is 0 Å². The number of fused-ring (bicyclic) bond motifs is 3. The van der Waals surface area contributed by atoms with Crippen LogP contribution in [0.15, 0.2) is 18.2 Å². The Morgan fingerprint density at radius 2 is 2.11 bits per heavy atom. The topological polar surface area (TPSA) is 58.4 Å². The fourth-order valence-corrected chi connectivity index (χ4v) is 3.26. The maximum atomic E-state index is 12.3. The van der Waals surface area contributed by atoms with E-state index in [1.165, 1.54) is 25.9 Å². The number of aryl methyl sites for hydroxylation is 1. The van der Waals surface area contributed by atoms with Crippen molar-refractivity contribution in [1.29, 1.82) is 0 Å². The summed E-state index contributed by atoms with van der Waals surface area (Å²) in [5.74, 6) is 0.608. The van der Waals surface area contributed by atoms with Crippen molar-refractivity contribution >= 4 is 11.6 Å². The summed E-state index contributed by atoms with van der Waals surface area (Å²) in [5, 5.41) is 3.17. The third-order valence-corrected chi connectivity index (χ3v) is 4.42. The van der Waals surface area contributed by atoms with Crippen LogP contribution >= 0.6 is 0 Å². The summed E-state index contributed by atoms with van der Waals surface area (Å²) >= 11 is 0. The van der Waals surface area contributed by atoms with Gasteiger partial charge in [-0.15, -0.1) is 0 Å². The van der Waals surface area contributed by atoms with Crippen LogP contribution < -0.4 is 11.1 Å². The highest BCUT2D eigenvalue weighted by atomic mass is 16.1. The van der Waals surface area contributed by atoms with Gasteiger partial charge >= 0.3 is 0 Å². The van der Waals surface area contributed by atoms with E-state index < -0.39 is 0 Å². The molecule has 0 aliphatic carbocycles. The van der Waals surface area contributed by atoms with Gasteiger partial charge in [0.05, 0.1) is 5.56 Å². The van der Waals surface area contributed by atoms with Crippen molar-refractivity contribution in [3.05, 3.63) is 29.3 Å². The molecule has 4 rings (SSSR count). The van der Waals surface area contributed by atoms with Gasteiger partial charge in [0.25, 0.3) is 5.91 Å². The first-order valence-corrected chi connectivity index (χ1v) is 7.03. The van der Waals surface area contributed by atoms with Crippen molar-refractivity contribution in [2.24, 2.45) is 5.92 Å². The van der Waals surface area contributed by atoms with E-state index in [1.54, 1.807) is 0 Å². The number of piperidine rings is 3. The molecule has 4 nitrogen and oxygen atoms in total. The highest BCUT2D eigenvalue weighted by molar-refractivity contribution is 5.99. The lowest BCUT2D eigenvalue weighted by Gasteiger charge is -2.44. The minimum absolute atomic E-state index is 0.0312. The number of nitrogens with two attached hydrogens (primary N) is 1.